The molecule has 130 valence electrons. The summed E-state index contributed by atoms with van der Waals surface area (Å²) in [5, 5.41) is 12.0. The first-order chi connectivity index (χ1) is 12.0. The number of rotatable bonds is 6. The van der Waals surface area contributed by atoms with E-state index in [1.807, 2.05) is 42.5 Å². The molecule has 0 aliphatic carbocycles. The minimum atomic E-state index is -1.17. The Morgan fingerprint density at radius 1 is 1.08 bits per heavy atom. The van der Waals surface area contributed by atoms with E-state index < -0.39 is 5.97 Å². The highest BCUT2D eigenvalue weighted by molar-refractivity contribution is 5.95. The largest absolute Gasteiger partial charge is 0.543 e. The molecule has 25 heavy (non-hydrogen) atoms. The van der Waals surface area contributed by atoms with Gasteiger partial charge in [-0.1, -0.05) is 18.2 Å². The molecule has 0 fully saturated rings. The van der Waals surface area contributed by atoms with Crippen molar-refractivity contribution in [3.05, 3.63) is 54.2 Å². The summed E-state index contributed by atoms with van der Waals surface area (Å²) >= 11 is 0. The van der Waals surface area contributed by atoms with E-state index >= 15 is 0 Å². The summed E-state index contributed by atoms with van der Waals surface area (Å²) in [7, 11) is 5.92. The smallest absolute Gasteiger partial charge is 0.137 e. The van der Waals surface area contributed by atoms with Gasteiger partial charge >= 0.3 is 0 Å². The fraction of sp³-hybridized carbons (Fsp3) is 0.250. The number of aryl methyl sites for hydroxylation is 1. The van der Waals surface area contributed by atoms with Gasteiger partial charge in [0, 0.05) is 18.0 Å². The second-order valence-electron chi connectivity index (χ2n) is 6.48. The SMILES string of the molecule is Cn1c(C(=O)[O-])cc2cc(-c3ccc(OCC[NH+](C)C)cc3)ccc21. The maximum atomic E-state index is 11.2. The quantitative estimate of drug-likeness (QED) is 0.721. The third kappa shape index (κ3) is 3.67. The molecule has 1 aromatic heterocycles. The van der Waals surface area contributed by atoms with Crippen LogP contribution in [0.5, 0.6) is 5.75 Å². The van der Waals surface area contributed by atoms with Crippen LogP contribution in [0.25, 0.3) is 22.0 Å². The molecule has 3 aromatic rings. The number of hydrogen-bond acceptors (Lipinski definition) is 3. The lowest BCUT2D eigenvalue weighted by Crippen LogP contribution is -3.06. The molecule has 1 heterocycles. The third-order valence-corrected chi connectivity index (χ3v) is 4.31. The number of benzene rings is 2. The van der Waals surface area contributed by atoms with Crippen LogP contribution in [0.1, 0.15) is 10.5 Å². The van der Waals surface area contributed by atoms with Gasteiger partial charge < -0.3 is 24.1 Å². The predicted molar refractivity (Wildman–Crippen MR) is 95.9 cm³/mol. The number of aromatic carboxylic acids is 1. The van der Waals surface area contributed by atoms with Gasteiger partial charge in [0.25, 0.3) is 0 Å². The van der Waals surface area contributed by atoms with Crippen molar-refractivity contribution in [2.75, 3.05) is 27.2 Å². The zero-order chi connectivity index (χ0) is 18.0. The molecule has 5 nitrogen and oxygen atoms in total. The van der Waals surface area contributed by atoms with E-state index in [4.69, 9.17) is 4.74 Å². The van der Waals surface area contributed by atoms with E-state index in [2.05, 4.69) is 14.1 Å². The minimum absolute atomic E-state index is 0.180. The molecule has 5 heteroatoms. The van der Waals surface area contributed by atoms with Gasteiger partial charge in [-0.25, -0.2) is 0 Å². The third-order valence-electron chi connectivity index (χ3n) is 4.31. The Bertz CT molecular complexity index is 895. The van der Waals surface area contributed by atoms with Gasteiger partial charge in [-0.2, -0.15) is 0 Å². The first-order valence-electron chi connectivity index (χ1n) is 8.29. The monoisotopic (exact) mass is 338 g/mol. The van der Waals surface area contributed by atoms with Crippen molar-refractivity contribution in [2.24, 2.45) is 7.05 Å². The molecule has 0 amide bonds. The Labute approximate surface area is 147 Å². The first-order valence-corrected chi connectivity index (χ1v) is 8.29. The van der Waals surface area contributed by atoms with Crippen molar-refractivity contribution in [1.29, 1.82) is 0 Å². The van der Waals surface area contributed by atoms with E-state index in [-0.39, 0.29) is 5.69 Å². The van der Waals surface area contributed by atoms with E-state index in [0.29, 0.717) is 6.61 Å². The Morgan fingerprint density at radius 2 is 1.76 bits per heavy atom. The second kappa shape index (κ2) is 6.99. The van der Waals surface area contributed by atoms with Crippen molar-refractivity contribution in [3.8, 4) is 16.9 Å². The van der Waals surface area contributed by atoms with Crippen LogP contribution >= 0.6 is 0 Å². The predicted octanol–water partition coefficient (Wildman–Crippen LogP) is 0.732. The van der Waals surface area contributed by atoms with Gasteiger partial charge in [-0.05, 0) is 41.5 Å². The summed E-state index contributed by atoms with van der Waals surface area (Å²) in [5.41, 5.74) is 3.15. The molecule has 0 bridgehead atoms. The lowest BCUT2D eigenvalue weighted by Gasteiger charge is -2.10. The summed E-state index contributed by atoms with van der Waals surface area (Å²) in [5.74, 6) is -0.314. The fourth-order valence-corrected chi connectivity index (χ4v) is 2.84. The van der Waals surface area contributed by atoms with Crippen LogP contribution in [-0.2, 0) is 7.05 Å². The number of fused-ring (bicyclic) bond motifs is 1. The molecule has 0 aliphatic rings. The molecule has 0 saturated heterocycles. The standard InChI is InChI=1S/C20H22N2O3/c1-21(2)10-11-25-17-7-4-14(5-8-17)15-6-9-18-16(12-15)13-19(20(23)24)22(18)3/h4-9,12-13H,10-11H2,1-3H3,(H,23,24). The van der Waals surface area contributed by atoms with Crippen molar-refractivity contribution < 1.29 is 19.5 Å². The molecule has 0 radical (unpaired) electrons. The van der Waals surface area contributed by atoms with Crippen LogP contribution in [0, 0.1) is 0 Å². The van der Waals surface area contributed by atoms with Crippen molar-refractivity contribution >= 4 is 16.9 Å². The molecule has 0 unspecified atom stereocenters. The number of likely N-dealkylation sites (N-methyl/N-ethyl adjacent to an activating group) is 1. The average Bonchev–Trinajstić information content (AvgIpc) is 2.92. The van der Waals surface area contributed by atoms with Crippen molar-refractivity contribution in [3.63, 3.8) is 0 Å². The molecule has 1 N–H and O–H groups in total. The lowest BCUT2D eigenvalue weighted by molar-refractivity contribution is -0.858. The highest BCUT2D eigenvalue weighted by Gasteiger charge is 2.08. The lowest BCUT2D eigenvalue weighted by atomic mass is 10.0. The summed E-state index contributed by atoms with van der Waals surface area (Å²) in [6.45, 7) is 1.64. The number of nitrogens with zero attached hydrogens (tertiary/aromatic N) is 1. The molecule has 2 aromatic carbocycles. The van der Waals surface area contributed by atoms with Gasteiger partial charge in [-0.3, -0.25) is 0 Å². The Kier molecular flexibility index (Phi) is 4.76. The van der Waals surface area contributed by atoms with E-state index in [0.717, 1.165) is 34.3 Å². The molecule has 0 aliphatic heterocycles. The van der Waals surface area contributed by atoms with E-state index in [9.17, 15) is 9.90 Å². The van der Waals surface area contributed by atoms with E-state index in [1.165, 1.54) is 4.90 Å². The summed E-state index contributed by atoms with van der Waals surface area (Å²) in [6, 6.07) is 15.5. The zero-order valence-electron chi connectivity index (χ0n) is 14.7. The van der Waals surface area contributed by atoms with Crippen LogP contribution in [0.2, 0.25) is 0 Å². The summed E-state index contributed by atoms with van der Waals surface area (Å²) in [6.07, 6.45) is 0. The van der Waals surface area contributed by atoms with Crippen molar-refractivity contribution in [2.45, 2.75) is 0 Å². The minimum Gasteiger partial charge on any atom is -0.543 e. The number of nitrogens with one attached hydrogen (secondary N) is 1. The number of hydrogen-bond donors (Lipinski definition) is 1. The Morgan fingerprint density at radius 3 is 2.40 bits per heavy atom. The van der Waals surface area contributed by atoms with Gasteiger partial charge in [-0.15, -0.1) is 0 Å². The topological polar surface area (TPSA) is 58.7 Å². The number of carbonyl (C=O) groups excluding carboxylic acids is 1. The molecule has 0 saturated carbocycles. The maximum absolute atomic E-state index is 11.2. The van der Waals surface area contributed by atoms with Gasteiger partial charge in [0.15, 0.2) is 0 Å². The molecule has 0 spiro atoms. The zero-order valence-corrected chi connectivity index (χ0v) is 14.7. The maximum Gasteiger partial charge on any atom is 0.137 e. The van der Waals surface area contributed by atoms with Gasteiger partial charge in [0.1, 0.15) is 18.9 Å². The number of quaternary nitrogens is 1. The first kappa shape index (κ1) is 17.0. The van der Waals surface area contributed by atoms with Crippen LogP contribution in [0.4, 0.5) is 0 Å². The fourth-order valence-electron chi connectivity index (χ4n) is 2.84. The molecule has 0 atom stereocenters. The highest BCUT2D eigenvalue weighted by atomic mass is 16.5. The number of ether oxygens (including phenoxy) is 1. The van der Waals surface area contributed by atoms with Crippen LogP contribution in [0.15, 0.2) is 48.5 Å². The normalized spacial score (nSPS) is 11.2. The van der Waals surface area contributed by atoms with Gasteiger partial charge in [0.05, 0.1) is 25.8 Å². The summed E-state index contributed by atoms with van der Waals surface area (Å²) < 4.78 is 7.36. The van der Waals surface area contributed by atoms with Crippen LogP contribution < -0.4 is 14.7 Å². The number of carbonyl (C=O) groups is 1. The van der Waals surface area contributed by atoms with E-state index in [1.54, 1.807) is 17.7 Å². The Hall–Kier alpha value is -2.79. The number of carboxylic acids is 1. The molecular weight excluding hydrogens is 316 g/mol. The average molecular weight is 338 g/mol. The van der Waals surface area contributed by atoms with Crippen LogP contribution in [-0.4, -0.2) is 37.8 Å². The molecular formula is C20H22N2O3. The highest BCUT2D eigenvalue weighted by Crippen LogP contribution is 2.27. The van der Waals surface area contributed by atoms with Crippen LogP contribution in [0.3, 0.4) is 0 Å². The Balaban J connectivity index is 1.83. The number of aromatic nitrogens is 1. The summed E-state index contributed by atoms with van der Waals surface area (Å²) in [4.78, 5) is 12.5. The van der Waals surface area contributed by atoms with Crippen molar-refractivity contribution in [1.82, 2.24) is 4.57 Å². The second-order valence-corrected chi connectivity index (χ2v) is 6.48. The molecule has 3 rings (SSSR count). The van der Waals surface area contributed by atoms with Gasteiger partial charge in [0.2, 0.25) is 0 Å². The number of carboxylic acid groups (broad SMARTS) is 1.